The summed E-state index contributed by atoms with van der Waals surface area (Å²) < 4.78 is 0. The molecule has 4 heteroatoms. The van der Waals surface area contributed by atoms with Crippen LogP contribution in [0.15, 0.2) is 66.7 Å². The Balaban J connectivity index is 1.55. The van der Waals surface area contributed by atoms with Gasteiger partial charge in [-0.05, 0) is 24.8 Å². The standard InChI is InChI=1S/C22H24N4/c1-3-9-18(10-4-1)13-14-23-20-17-21(26-15-7-8-16-26)25-22(24-20)19-11-5-2-6-12-19/h1-6,9-12,17H,7-8,13-16H2,(H,23,24,25). The van der Waals surface area contributed by atoms with E-state index in [4.69, 9.17) is 9.97 Å². The van der Waals surface area contributed by atoms with Gasteiger partial charge >= 0.3 is 0 Å². The summed E-state index contributed by atoms with van der Waals surface area (Å²) >= 11 is 0. The van der Waals surface area contributed by atoms with E-state index in [2.05, 4.69) is 58.7 Å². The largest absolute Gasteiger partial charge is 0.370 e. The molecule has 4 rings (SSSR count). The Morgan fingerprint density at radius 3 is 2.27 bits per heavy atom. The van der Waals surface area contributed by atoms with Crippen LogP contribution in [0.2, 0.25) is 0 Å². The molecule has 0 spiro atoms. The molecule has 1 aromatic heterocycles. The summed E-state index contributed by atoms with van der Waals surface area (Å²) in [5.74, 6) is 2.72. The van der Waals surface area contributed by atoms with Gasteiger partial charge in [0.05, 0.1) is 0 Å². The van der Waals surface area contributed by atoms with Crippen LogP contribution in [0, 0.1) is 0 Å². The van der Waals surface area contributed by atoms with E-state index in [0.717, 1.165) is 49.1 Å². The van der Waals surface area contributed by atoms with Gasteiger partial charge < -0.3 is 10.2 Å². The van der Waals surface area contributed by atoms with E-state index >= 15 is 0 Å². The number of benzene rings is 2. The van der Waals surface area contributed by atoms with Gasteiger partial charge in [0.2, 0.25) is 0 Å². The second-order valence-corrected chi connectivity index (χ2v) is 6.66. The van der Waals surface area contributed by atoms with Crippen molar-refractivity contribution in [1.29, 1.82) is 0 Å². The summed E-state index contributed by atoms with van der Waals surface area (Å²) in [6.07, 6.45) is 3.45. The van der Waals surface area contributed by atoms with Crippen LogP contribution in [0.1, 0.15) is 18.4 Å². The zero-order valence-corrected chi connectivity index (χ0v) is 14.9. The first-order valence-corrected chi connectivity index (χ1v) is 9.36. The fourth-order valence-electron chi connectivity index (χ4n) is 3.33. The van der Waals surface area contributed by atoms with Gasteiger partial charge in [-0.15, -0.1) is 0 Å². The van der Waals surface area contributed by atoms with E-state index in [9.17, 15) is 0 Å². The van der Waals surface area contributed by atoms with Crippen LogP contribution >= 0.6 is 0 Å². The van der Waals surface area contributed by atoms with Gasteiger partial charge in [-0.2, -0.15) is 0 Å². The van der Waals surface area contributed by atoms with Gasteiger partial charge in [-0.3, -0.25) is 0 Å². The lowest BCUT2D eigenvalue weighted by atomic mass is 10.1. The maximum Gasteiger partial charge on any atom is 0.163 e. The fourth-order valence-corrected chi connectivity index (χ4v) is 3.33. The molecule has 0 unspecified atom stereocenters. The van der Waals surface area contributed by atoms with Crippen LogP contribution in [0.5, 0.6) is 0 Å². The summed E-state index contributed by atoms with van der Waals surface area (Å²) in [6.45, 7) is 3.01. The number of aromatic nitrogens is 2. The molecule has 0 saturated carbocycles. The number of nitrogens with zero attached hydrogens (tertiary/aromatic N) is 3. The second kappa shape index (κ2) is 8.00. The van der Waals surface area contributed by atoms with Crippen molar-refractivity contribution in [3.8, 4) is 11.4 Å². The maximum atomic E-state index is 4.83. The Morgan fingerprint density at radius 1 is 0.846 bits per heavy atom. The van der Waals surface area contributed by atoms with Gasteiger partial charge in [0.25, 0.3) is 0 Å². The van der Waals surface area contributed by atoms with Crippen LogP contribution in [-0.2, 0) is 6.42 Å². The highest BCUT2D eigenvalue weighted by Crippen LogP contribution is 2.25. The third-order valence-electron chi connectivity index (χ3n) is 4.74. The normalized spacial score (nSPS) is 13.8. The van der Waals surface area contributed by atoms with Gasteiger partial charge in [0.15, 0.2) is 5.82 Å². The molecule has 26 heavy (non-hydrogen) atoms. The monoisotopic (exact) mass is 344 g/mol. The van der Waals surface area contributed by atoms with Crippen molar-refractivity contribution >= 4 is 11.6 Å². The average Bonchev–Trinajstić information content (AvgIpc) is 3.24. The van der Waals surface area contributed by atoms with E-state index in [1.807, 2.05) is 18.2 Å². The second-order valence-electron chi connectivity index (χ2n) is 6.66. The van der Waals surface area contributed by atoms with Crippen LogP contribution in [0.25, 0.3) is 11.4 Å². The molecule has 0 aliphatic carbocycles. The highest BCUT2D eigenvalue weighted by Gasteiger charge is 2.16. The van der Waals surface area contributed by atoms with Gasteiger partial charge in [-0.1, -0.05) is 60.7 Å². The Morgan fingerprint density at radius 2 is 1.54 bits per heavy atom. The van der Waals surface area contributed by atoms with Gasteiger partial charge in [-0.25, -0.2) is 9.97 Å². The molecule has 0 atom stereocenters. The highest BCUT2D eigenvalue weighted by atomic mass is 15.2. The maximum absolute atomic E-state index is 4.83. The van der Waals surface area contributed by atoms with Crippen LogP contribution in [0.3, 0.4) is 0 Å². The lowest BCUT2D eigenvalue weighted by Gasteiger charge is -2.18. The Bertz CT molecular complexity index is 827. The minimum atomic E-state index is 0.789. The topological polar surface area (TPSA) is 41.0 Å². The number of hydrogen-bond donors (Lipinski definition) is 1. The summed E-state index contributed by atoms with van der Waals surface area (Å²) in [5, 5.41) is 3.49. The molecular formula is C22H24N4. The zero-order valence-electron chi connectivity index (χ0n) is 14.9. The van der Waals surface area contributed by atoms with Crippen molar-refractivity contribution in [2.75, 3.05) is 29.9 Å². The molecule has 1 aliphatic rings. The summed E-state index contributed by atoms with van der Waals surface area (Å²) in [7, 11) is 0. The van der Waals surface area contributed by atoms with Crippen molar-refractivity contribution in [3.63, 3.8) is 0 Å². The third kappa shape index (κ3) is 4.02. The zero-order chi connectivity index (χ0) is 17.6. The third-order valence-corrected chi connectivity index (χ3v) is 4.74. The molecule has 1 aliphatic heterocycles. The minimum absolute atomic E-state index is 0.789. The fraction of sp³-hybridized carbons (Fsp3) is 0.273. The summed E-state index contributed by atoms with van der Waals surface area (Å²) in [5.41, 5.74) is 2.39. The minimum Gasteiger partial charge on any atom is -0.370 e. The van der Waals surface area contributed by atoms with E-state index in [0.29, 0.717) is 0 Å². The number of anilines is 2. The van der Waals surface area contributed by atoms with Crippen molar-refractivity contribution in [2.24, 2.45) is 0 Å². The molecule has 132 valence electrons. The first-order valence-electron chi connectivity index (χ1n) is 9.36. The van der Waals surface area contributed by atoms with E-state index in [-0.39, 0.29) is 0 Å². The summed E-state index contributed by atoms with van der Waals surface area (Å²) in [6, 6.07) is 22.8. The molecule has 2 aromatic carbocycles. The van der Waals surface area contributed by atoms with Crippen LogP contribution in [0.4, 0.5) is 11.6 Å². The van der Waals surface area contributed by atoms with Crippen LogP contribution < -0.4 is 10.2 Å². The molecule has 1 N–H and O–H groups in total. The number of nitrogens with one attached hydrogen (secondary N) is 1. The quantitative estimate of drug-likeness (QED) is 0.720. The molecule has 0 amide bonds. The lowest BCUT2D eigenvalue weighted by molar-refractivity contribution is 0.926. The predicted octanol–water partition coefficient (Wildman–Crippen LogP) is 4.40. The van der Waals surface area contributed by atoms with E-state index in [1.165, 1.54) is 18.4 Å². The van der Waals surface area contributed by atoms with Gasteiger partial charge in [0.1, 0.15) is 11.6 Å². The first kappa shape index (κ1) is 16.6. The highest BCUT2D eigenvalue weighted by molar-refractivity contribution is 5.62. The lowest BCUT2D eigenvalue weighted by Crippen LogP contribution is -2.20. The first-order chi connectivity index (χ1) is 12.9. The molecule has 2 heterocycles. The molecule has 1 fully saturated rings. The Labute approximate surface area is 154 Å². The van der Waals surface area contributed by atoms with Gasteiger partial charge in [0, 0.05) is 31.3 Å². The van der Waals surface area contributed by atoms with Crippen molar-refractivity contribution < 1.29 is 0 Å². The molecule has 0 bridgehead atoms. The molecule has 3 aromatic rings. The SMILES string of the molecule is c1ccc(CCNc2cc(N3CCCC3)nc(-c3ccccc3)n2)cc1. The van der Waals surface area contributed by atoms with Crippen molar-refractivity contribution in [3.05, 3.63) is 72.3 Å². The predicted molar refractivity (Wildman–Crippen MR) is 108 cm³/mol. The molecular weight excluding hydrogens is 320 g/mol. The summed E-state index contributed by atoms with van der Waals surface area (Å²) in [4.78, 5) is 11.9. The van der Waals surface area contributed by atoms with E-state index < -0.39 is 0 Å². The Kier molecular flexibility index (Phi) is 5.10. The average molecular weight is 344 g/mol. The smallest absolute Gasteiger partial charge is 0.163 e. The molecule has 0 radical (unpaired) electrons. The Hall–Kier alpha value is -2.88. The van der Waals surface area contributed by atoms with E-state index in [1.54, 1.807) is 0 Å². The number of hydrogen-bond acceptors (Lipinski definition) is 4. The molecule has 4 nitrogen and oxygen atoms in total. The van der Waals surface area contributed by atoms with Crippen molar-refractivity contribution in [1.82, 2.24) is 9.97 Å². The van der Waals surface area contributed by atoms with Crippen molar-refractivity contribution in [2.45, 2.75) is 19.3 Å². The number of rotatable bonds is 6. The molecule has 1 saturated heterocycles. The van der Waals surface area contributed by atoms with Crippen LogP contribution in [-0.4, -0.2) is 29.6 Å².